The van der Waals surface area contributed by atoms with Crippen LogP contribution in [-0.2, 0) is 6.42 Å². The molecule has 2 N–H and O–H groups in total. The molecule has 1 unspecified atom stereocenters. The maximum absolute atomic E-state index is 6.74. The number of hydrogen-bond acceptors (Lipinski definition) is 1. The average Bonchev–Trinajstić information content (AvgIpc) is 2.47. The van der Waals surface area contributed by atoms with Crippen molar-refractivity contribution in [1.82, 2.24) is 0 Å². The topological polar surface area (TPSA) is 26.0 Å². The van der Waals surface area contributed by atoms with Crippen LogP contribution >= 0.6 is 0 Å². The van der Waals surface area contributed by atoms with E-state index in [1.54, 1.807) is 0 Å². The van der Waals surface area contributed by atoms with Gasteiger partial charge in [-0.15, -0.1) is 0 Å². The van der Waals surface area contributed by atoms with E-state index in [-0.39, 0.29) is 0 Å². The van der Waals surface area contributed by atoms with Crippen molar-refractivity contribution in [2.24, 2.45) is 28.9 Å². The molecule has 1 atom stereocenters. The van der Waals surface area contributed by atoms with Crippen molar-refractivity contribution in [2.75, 3.05) is 0 Å². The summed E-state index contributed by atoms with van der Waals surface area (Å²) < 4.78 is 0. The van der Waals surface area contributed by atoms with Crippen molar-refractivity contribution in [3.05, 3.63) is 35.9 Å². The predicted octanol–water partition coefficient (Wildman–Crippen LogP) is 4.55. The smallest absolute Gasteiger partial charge is 0.00959 e. The molecule has 4 aliphatic carbocycles. The van der Waals surface area contributed by atoms with E-state index < -0.39 is 0 Å². The van der Waals surface area contributed by atoms with Crippen LogP contribution < -0.4 is 5.73 Å². The maximum Gasteiger partial charge on any atom is 0.00959 e. The van der Waals surface area contributed by atoms with Crippen LogP contribution in [0.5, 0.6) is 0 Å². The molecule has 1 nitrogen and oxygen atoms in total. The summed E-state index contributed by atoms with van der Waals surface area (Å²) in [6, 6.07) is 11.3. The standard InChI is InChI=1S/C20H29N/c21-19(8-4-7-15-5-2-1-3-6-15)20-12-16-9-17(13-20)11-18(10-16)14-20/h1-3,5-6,16-19H,4,7-14,21H2. The lowest BCUT2D eigenvalue weighted by Crippen LogP contribution is -2.54. The highest BCUT2D eigenvalue weighted by Gasteiger charge is 2.52. The molecular weight excluding hydrogens is 254 g/mol. The lowest BCUT2D eigenvalue weighted by Gasteiger charge is -2.59. The molecule has 0 radical (unpaired) electrons. The van der Waals surface area contributed by atoms with Gasteiger partial charge in [0.2, 0.25) is 0 Å². The fourth-order valence-corrected chi connectivity index (χ4v) is 6.11. The normalized spacial score (nSPS) is 38.6. The zero-order valence-corrected chi connectivity index (χ0v) is 13.1. The van der Waals surface area contributed by atoms with E-state index in [4.69, 9.17) is 5.73 Å². The SMILES string of the molecule is NC(CCCc1ccccc1)C12CC3CC(CC(C3)C1)C2. The molecule has 0 amide bonds. The number of hydrogen-bond donors (Lipinski definition) is 1. The van der Waals surface area contributed by atoms with Gasteiger partial charge in [-0.05, 0) is 86.5 Å². The number of benzene rings is 1. The van der Waals surface area contributed by atoms with Gasteiger partial charge < -0.3 is 5.73 Å². The van der Waals surface area contributed by atoms with E-state index in [1.165, 1.54) is 63.4 Å². The molecule has 0 aromatic heterocycles. The largest absolute Gasteiger partial charge is 0.327 e. The third-order valence-corrected chi connectivity index (χ3v) is 6.70. The fraction of sp³-hybridized carbons (Fsp3) is 0.700. The Hall–Kier alpha value is -0.820. The lowest BCUT2D eigenvalue weighted by atomic mass is 9.47. The van der Waals surface area contributed by atoms with Crippen molar-refractivity contribution >= 4 is 0 Å². The molecule has 4 fully saturated rings. The molecule has 21 heavy (non-hydrogen) atoms. The zero-order valence-electron chi connectivity index (χ0n) is 13.1. The molecule has 1 aromatic carbocycles. The first kappa shape index (κ1) is 13.8. The molecule has 0 heterocycles. The van der Waals surface area contributed by atoms with Gasteiger partial charge in [0.1, 0.15) is 0 Å². The van der Waals surface area contributed by atoms with Crippen LogP contribution in [0, 0.1) is 23.2 Å². The number of aryl methyl sites for hydroxylation is 1. The molecule has 5 rings (SSSR count). The van der Waals surface area contributed by atoms with Gasteiger partial charge in [0, 0.05) is 6.04 Å². The van der Waals surface area contributed by atoms with Gasteiger partial charge in [-0.1, -0.05) is 30.3 Å². The Kier molecular flexibility index (Phi) is 3.57. The second kappa shape index (κ2) is 5.43. The molecule has 0 aliphatic heterocycles. The maximum atomic E-state index is 6.74. The van der Waals surface area contributed by atoms with Crippen LogP contribution in [0.15, 0.2) is 30.3 Å². The third kappa shape index (κ3) is 2.65. The molecule has 0 saturated heterocycles. The van der Waals surface area contributed by atoms with Crippen LogP contribution in [0.25, 0.3) is 0 Å². The van der Waals surface area contributed by atoms with Crippen molar-refractivity contribution in [3.63, 3.8) is 0 Å². The van der Waals surface area contributed by atoms with Crippen LogP contribution in [0.4, 0.5) is 0 Å². The summed E-state index contributed by atoms with van der Waals surface area (Å²) >= 11 is 0. The van der Waals surface area contributed by atoms with E-state index in [0.29, 0.717) is 11.5 Å². The summed E-state index contributed by atoms with van der Waals surface area (Å²) in [5.74, 6) is 3.07. The highest BCUT2D eigenvalue weighted by Crippen LogP contribution is 2.61. The molecule has 1 heteroatoms. The fourth-order valence-electron chi connectivity index (χ4n) is 6.11. The van der Waals surface area contributed by atoms with Crippen LogP contribution in [0.2, 0.25) is 0 Å². The predicted molar refractivity (Wildman–Crippen MR) is 88.0 cm³/mol. The highest BCUT2D eigenvalue weighted by molar-refractivity contribution is 5.14. The molecule has 0 spiro atoms. The Morgan fingerprint density at radius 1 is 0.952 bits per heavy atom. The van der Waals surface area contributed by atoms with Gasteiger partial charge in [0.05, 0.1) is 0 Å². The Balaban J connectivity index is 1.35. The Labute approximate surface area is 129 Å². The summed E-state index contributed by atoms with van der Waals surface area (Å²) in [6.45, 7) is 0. The van der Waals surface area contributed by atoms with E-state index in [9.17, 15) is 0 Å². The van der Waals surface area contributed by atoms with Gasteiger partial charge in [-0.3, -0.25) is 0 Å². The number of rotatable bonds is 5. The minimum atomic E-state index is 0.453. The Bertz CT molecular complexity index is 443. The summed E-state index contributed by atoms with van der Waals surface area (Å²) in [6.07, 6.45) is 12.6. The van der Waals surface area contributed by atoms with Crippen molar-refractivity contribution in [2.45, 2.75) is 63.8 Å². The second-order valence-corrected chi connectivity index (χ2v) is 8.26. The van der Waals surface area contributed by atoms with Gasteiger partial charge in [-0.2, -0.15) is 0 Å². The van der Waals surface area contributed by atoms with Gasteiger partial charge in [-0.25, -0.2) is 0 Å². The summed E-state index contributed by atoms with van der Waals surface area (Å²) in [5.41, 5.74) is 8.74. The molecule has 4 bridgehead atoms. The minimum Gasteiger partial charge on any atom is -0.327 e. The molecular formula is C20H29N. The van der Waals surface area contributed by atoms with Gasteiger partial charge in [0.15, 0.2) is 0 Å². The van der Waals surface area contributed by atoms with Gasteiger partial charge in [0.25, 0.3) is 0 Å². The Morgan fingerprint density at radius 2 is 1.52 bits per heavy atom. The van der Waals surface area contributed by atoms with E-state index in [1.807, 2.05) is 0 Å². The van der Waals surface area contributed by atoms with Crippen molar-refractivity contribution in [3.8, 4) is 0 Å². The highest BCUT2D eigenvalue weighted by atomic mass is 14.7. The van der Waals surface area contributed by atoms with Gasteiger partial charge >= 0.3 is 0 Å². The van der Waals surface area contributed by atoms with Crippen LogP contribution in [0.1, 0.15) is 56.9 Å². The molecule has 4 saturated carbocycles. The zero-order chi connectivity index (χ0) is 14.3. The van der Waals surface area contributed by atoms with E-state index in [0.717, 1.165) is 17.8 Å². The molecule has 4 aliphatic rings. The van der Waals surface area contributed by atoms with Crippen molar-refractivity contribution < 1.29 is 0 Å². The average molecular weight is 283 g/mol. The number of nitrogens with two attached hydrogens (primary N) is 1. The quantitative estimate of drug-likeness (QED) is 0.842. The minimum absolute atomic E-state index is 0.453. The lowest BCUT2D eigenvalue weighted by molar-refractivity contribution is -0.0683. The van der Waals surface area contributed by atoms with Crippen LogP contribution in [-0.4, -0.2) is 6.04 Å². The van der Waals surface area contributed by atoms with Crippen LogP contribution in [0.3, 0.4) is 0 Å². The third-order valence-electron chi connectivity index (χ3n) is 6.70. The first-order valence-corrected chi connectivity index (χ1v) is 9.03. The monoisotopic (exact) mass is 283 g/mol. The second-order valence-electron chi connectivity index (χ2n) is 8.26. The molecule has 1 aromatic rings. The first-order chi connectivity index (χ1) is 10.2. The molecule has 114 valence electrons. The van der Waals surface area contributed by atoms with E-state index >= 15 is 0 Å². The summed E-state index contributed by atoms with van der Waals surface area (Å²) in [7, 11) is 0. The first-order valence-electron chi connectivity index (χ1n) is 9.03. The van der Waals surface area contributed by atoms with E-state index in [2.05, 4.69) is 30.3 Å². The Morgan fingerprint density at radius 3 is 2.10 bits per heavy atom. The summed E-state index contributed by atoms with van der Waals surface area (Å²) in [5, 5.41) is 0. The van der Waals surface area contributed by atoms with Crippen molar-refractivity contribution in [1.29, 1.82) is 0 Å². The summed E-state index contributed by atoms with van der Waals surface area (Å²) in [4.78, 5) is 0.